The smallest absolute Gasteiger partial charge is 0.416 e. The monoisotopic (exact) mass is 877 g/mol. The number of rotatable bonds is 20. The summed E-state index contributed by atoms with van der Waals surface area (Å²) < 4.78 is 80.6. The average Bonchev–Trinajstić information content (AvgIpc) is 3.97. The minimum absolute atomic E-state index is 0.0610. The van der Waals surface area contributed by atoms with E-state index in [1.165, 1.54) is 29.9 Å². The summed E-state index contributed by atoms with van der Waals surface area (Å²) >= 11 is 1.34. The Labute approximate surface area is 364 Å². The summed E-state index contributed by atoms with van der Waals surface area (Å²) in [7, 11) is 1.49. The number of hydrogen-bond donors (Lipinski definition) is 0. The zero-order valence-corrected chi connectivity index (χ0v) is 36.6. The fourth-order valence-electron chi connectivity index (χ4n) is 8.02. The molecule has 6 rings (SSSR count). The Bertz CT molecular complexity index is 2320. The molecular formula is C48H54F3NO9S. The van der Waals surface area contributed by atoms with E-state index < -0.39 is 34.8 Å². The van der Waals surface area contributed by atoms with Gasteiger partial charge < -0.3 is 33.0 Å². The maximum Gasteiger partial charge on any atom is 0.416 e. The number of carbonyl (C=O) groups is 2. The minimum Gasteiger partial charge on any atom is -0.494 e. The van der Waals surface area contributed by atoms with E-state index >= 15 is 0 Å². The maximum absolute atomic E-state index is 15.0. The lowest BCUT2D eigenvalue weighted by Crippen LogP contribution is -2.40. The van der Waals surface area contributed by atoms with Gasteiger partial charge in [0.05, 0.1) is 30.8 Å². The predicted octanol–water partition coefficient (Wildman–Crippen LogP) is 10.3. The Kier molecular flexibility index (Phi) is 15.3. The molecule has 0 spiro atoms. The van der Waals surface area contributed by atoms with Crippen LogP contribution in [0.5, 0.6) is 17.2 Å². The summed E-state index contributed by atoms with van der Waals surface area (Å²) in [5.41, 5.74) is -0.647. The predicted molar refractivity (Wildman–Crippen MR) is 230 cm³/mol. The number of aryl methyl sites for hydroxylation is 2. The van der Waals surface area contributed by atoms with Crippen LogP contribution < -0.4 is 19.8 Å². The molecule has 0 N–H and O–H groups in total. The zero-order valence-electron chi connectivity index (χ0n) is 35.8. The van der Waals surface area contributed by atoms with E-state index in [1.54, 1.807) is 54.9 Å². The number of pyridine rings is 1. The van der Waals surface area contributed by atoms with Crippen LogP contribution >= 0.6 is 11.3 Å². The number of fused-ring (bicyclic) bond motifs is 1. The summed E-state index contributed by atoms with van der Waals surface area (Å²) in [5, 5.41) is 3.59. The maximum atomic E-state index is 15.0. The number of hydrogen-bond acceptors (Lipinski definition) is 10. The van der Waals surface area contributed by atoms with Crippen molar-refractivity contribution in [3.05, 3.63) is 127 Å². The summed E-state index contributed by atoms with van der Waals surface area (Å²) in [6, 6.07) is 15.6. The molecule has 0 bridgehead atoms. The van der Waals surface area contributed by atoms with Crippen molar-refractivity contribution >= 4 is 28.8 Å². The van der Waals surface area contributed by atoms with Crippen LogP contribution in [-0.4, -0.2) is 49.2 Å². The van der Waals surface area contributed by atoms with Gasteiger partial charge in [0.25, 0.3) is 5.56 Å². The van der Waals surface area contributed by atoms with E-state index in [4.69, 9.17) is 28.4 Å². The fourth-order valence-corrected chi connectivity index (χ4v) is 8.76. The van der Waals surface area contributed by atoms with E-state index in [2.05, 4.69) is 0 Å². The number of para-hydroxylation sites is 1. The van der Waals surface area contributed by atoms with E-state index in [1.807, 2.05) is 37.3 Å². The highest BCUT2D eigenvalue weighted by Gasteiger charge is 2.47. The van der Waals surface area contributed by atoms with E-state index in [0.29, 0.717) is 65.6 Å². The molecule has 0 fully saturated rings. The van der Waals surface area contributed by atoms with Crippen LogP contribution in [0, 0.1) is 12.8 Å². The van der Waals surface area contributed by atoms with Crippen LogP contribution in [0.4, 0.5) is 13.2 Å². The average molecular weight is 878 g/mol. The van der Waals surface area contributed by atoms with Gasteiger partial charge in [-0.05, 0) is 122 Å². The first-order chi connectivity index (χ1) is 29.7. The molecule has 3 heterocycles. The first-order valence-corrected chi connectivity index (χ1v) is 22.0. The normalized spacial score (nSPS) is 16.8. The molecule has 10 nitrogen and oxygen atoms in total. The first kappa shape index (κ1) is 46.0. The molecule has 14 heteroatoms. The first-order valence-electron chi connectivity index (χ1n) is 21.1. The van der Waals surface area contributed by atoms with Crippen molar-refractivity contribution < 1.29 is 51.2 Å². The molecule has 1 aliphatic carbocycles. The molecule has 3 atom stereocenters. The molecule has 0 radical (unpaired) electrons. The molecule has 62 heavy (non-hydrogen) atoms. The van der Waals surface area contributed by atoms with Crippen LogP contribution in [0.1, 0.15) is 99.2 Å². The van der Waals surface area contributed by atoms with E-state index in [0.717, 1.165) is 30.9 Å². The Hall–Kier alpha value is -5.50. The fraction of sp³-hybridized carbons (Fsp3) is 0.438. The van der Waals surface area contributed by atoms with Crippen LogP contribution in [0.25, 0.3) is 5.57 Å². The number of thiophene rings is 1. The van der Waals surface area contributed by atoms with Gasteiger partial charge in [0.15, 0.2) is 17.6 Å². The van der Waals surface area contributed by atoms with Gasteiger partial charge in [0.1, 0.15) is 11.5 Å². The number of carbonyl (C=O) groups excluding carboxylic acids is 2. The lowest BCUT2D eigenvalue weighted by Gasteiger charge is -2.37. The number of esters is 2. The van der Waals surface area contributed by atoms with Crippen LogP contribution in [0.15, 0.2) is 88.1 Å². The molecule has 3 unspecified atom stereocenters. The standard InChI is InChI=1S/C48H54F3NO9S/c1-6-56-42(53)20-18-33-15-11-12-16-39(33)61-44(46(55)57-7-2)31(3)14-10-8-9-13-22-58-37-25-35(34-17-19-40-41(26-34)60-30-59-40)27-47(28-37,36-21-23-62-29-36)43-38(48(49,50)51)24-32(4)52(5)45(43)54/h11-12,15-17,19,21,23-26,28-29,31,44H,6-10,13-14,18,20,22,27,30H2,1-5H3. The number of alkyl halides is 3. The highest BCUT2D eigenvalue weighted by molar-refractivity contribution is 7.08. The van der Waals surface area contributed by atoms with Crippen molar-refractivity contribution in [1.29, 1.82) is 0 Å². The topological polar surface area (TPSA) is 112 Å². The Balaban J connectivity index is 1.17. The van der Waals surface area contributed by atoms with Gasteiger partial charge in [-0.15, -0.1) is 0 Å². The lowest BCUT2D eigenvalue weighted by molar-refractivity contribution is -0.154. The third kappa shape index (κ3) is 10.7. The van der Waals surface area contributed by atoms with Crippen molar-refractivity contribution in [2.45, 2.75) is 96.8 Å². The molecule has 2 aromatic carbocycles. The molecule has 0 saturated heterocycles. The van der Waals surface area contributed by atoms with Crippen molar-refractivity contribution in [2.75, 3.05) is 26.6 Å². The van der Waals surface area contributed by atoms with Crippen molar-refractivity contribution in [3.63, 3.8) is 0 Å². The number of unbranched alkanes of at least 4 members (excludes halogenated alkanes) is 3. The van der Waals surface area contributed by atoms with Crippen molar-refractivity contribution in [3.8, 4) is 17.2 Å². The second-order valence-corrected chi connectivity index (χ2v) is 16.4. The largest absolute Gasteiger partial charge is 0.494 e. The molecule has 2 aromatic heterocycles. The number of halogens is 3. The molecule has 0 saturated carbocycles. The molecule has 4 aromatic rings. The number of benzene rings is 2. The Morgan fingerprint density at radius 2 is 1.73 bits per heavy atom. The SMILES string of the molecule is CCOC(=O)CCc1ccccc1OC(C(=O)OCC)C(C)CCCCCCOC1=CC(c2ccsc2)(c2c(C(F)(F)F)cc(C)n(C)c2=O)CC(c2ccc3c(c2)OCO3)=C1. The lowest BCUT2D eigenvalue weighted by atomic mass is 9.67. The number of allylic oxidation sites excluding steroid dienone is 3. The third-order valence-electron chi connectivity index (χ3n) is 11.4. The van der Waals surface area contributed by atoms with Crippen molar-refractivity contribution in [1.82, 2.24) is 4.57 Å². The molecular weight excluding hydrogens is 824 g/mol. The summed E-state index contributed by atoms with van der Waals surface area (Å²) in [6.07, 6.45) is 2.24. The van der Waals surface area contributed by atoms with Crippen LogP contribution in [0.3, 0.4) is 0 Å². The Morgan fingerprint density at radius 3 is 2.47 bits per heavy atom. The molecule has 1 aliphatic heterocycles. The summed E-state index contributed by atoms with van der Waals surface area (Å²) in [5.74, 6) is 1.03. The Morgan fingerprint density at radius 1 is 0.968 bits per heavy atom. The third-order valence-corrected chi connectivity index (χ3v) is 12.0. The quantitative estimate of drug-likeness (QED) is 0.0633. The second-order valence-electron chi connectivity index (χ2n) is 15.6. The second kappa shape index (κ2) is 20.6. The van der Waals surface area contributed by atoms with Crippen LogP contribution in [0.2, 0.25) is 0 Å². The summed E-state index contributed by atoms with van der Waals surface area (Å²) in [4.78, 5) is 39.3. The zero-order chi connectivity index (χ0) is 44.4. The highest BCUT2D eigenvalue weighted by atomic mass is 32.1. The number of ether oxygens (including phenoxy) is 6. The van der Waals surface area contributed by atoms with Gasteiger partial charge in [-0.1, -0.05) is 50.5 Å². The highest BCUT2D eigenvalue weighted by Crippen LogP contribution is 2.50. The van der Waals surface area contributed by atoms with Gasteiger partial charge in [0.2, 0.25) is 6.79 Å². The minimum atomic E-state index is -4.80. The molecule has 2 aliphatic rings. The van der Waals surface area contributed by atoms with Gasteiger partial charge in [-0.2, -0.15) is 24.5 Å². The van der Waals surface area contributed by atoms with E-state index in [-0.39, 0.29) is 56.0 Å². The molecule has 0 amide bonds. The molecule has 332 valence electrons. The number of aromatic nitrogens is 1. The van der Waals surface area contributed by atoms with Crippen molar-refractivity contribution in [2.24, 2.45) is 13.0 Å². The van der Waals surface area contributed by atoms with Gasteiger partial charge >= 0.3 is 18.1 Å². The van der Waals surface area contributed by atoms with E-state index in [9.17, 15) is 27.6 Å². The number of nitrogens with zero attached hydrogens (tertiary/aromatic N) is 1. The van der Waals surface area contributed by atoms with Gasteiger partial charge in [0, 0.05) is 30.6 Å². The van der Waals surface area contributed by atoms with Gasteiger partial charge in [-0.25, -0.2) is 4.79 Å². The van der Waals surface area contributed by atoms with Gasteiger partial charge in [-0.3, -0.25) is 9.59 Å². The van der Waals surface area contributed by atoms with Crippen LogP contribution in [-0.2, 0) is 48.9 Å². The summed E-state index contributed by atoms with van der Waals surface area (Å²) in [6.45, 7) is 7.80.